The van der Waals surface area contributed by atoms with Gasteiger partial charge in [0.15, 0.2) is 6.61 Å². The maximum atomic E-state index is 13.9. The smallest absolute Gasteiger partial charge is 0.373 e. The standard InChI is InChI=1S/C27H25FN4O7/c1-31(2)17-9-8-16(23(13-17)38-15-24(33)29-20-7-5-4-6-19(20)28)12-21-25(34)32(27(36)30-21)14-18-10-11-22(39-18)26(35)37-3/h4-13H,14-15H2,1-3H3,(H,29,33)(H,30,36)/b21-12-. The van der Waals surface area contributed by atoms with Gasteiger partial charge in [-0.25, -0.2) is 14.0 Å². The quantitative estimate of drug-likeness (QED) is 0.242. The molecule has 2 N–H and O–H groups in total. The topological polar surface area (TPSA) is 130 Å². The van der Waals surface area contributed by atoms with E-state index in [-0.39, 0.29) is 35.2 Å². The molecule has 1 aromatic heterocycles. The largest absolute Gasteiger partial charge is 0.483 e. The van der Waals surface area contributed by atoms with Crippen LogP contribution in [0.5, 0.6) is 5.75 Å². The number of hydrogen-bond acceptors (Lipinski definition) is 8. The summed E-state index contributed by atoms with van der Waals surface area (Å²) < 4.78 is 29.5. The predicted molar refractivity (Wildman–Crippen MR) is 138 cm³/mol. The average Bonchev–Trinajstić information content (AvgIpc) is 3.49. The van der Waals surface area contributed by atoms with Crippen molar-refractivity contribution >= 4 is 41.3 Å². The second-order valence-electron chi connectivity index (χ2n) is 8.57. The third-order valence-electron chi connectivity index (χ3n) is 5.64. The number of benzene rings is 2. The normalized spacial score (nSPS) is 13.8. The van der Waals surface area contributed by atoms with E-state index in [9.17, 15) is 23.6 Å². The third-order valence-corrected chi connectivity index (χ3v) is 5.64. The molecule has 1 saturated heterocycles. The Morgan fingerprint density at radius 2 is 1.90 bits per heavy atom. The number of para-hydroxylation sites is 1. The number of urea groups is 1. The number of nitrogens with one attached hydrogen (secondary N) is 2. The van der Waals surface area contributed by atoms with Crippen LogP contribution in [-0.2, 0) is 20.9 Å². The number of methoxy groups -OCH3 is 1. The summed E-state index contributed by atoms with van der Waals surface area (Å²) in [6.45, 7) is -0.646. The van der Waals surface area contributed by atoms with E-state index in [1.807, 2.05) is 19.0 Å². The molecule has 0 radical (unpaired) electrons. The van der Waals surface area contributed by atoms with E-state index < -0.39 is 36.2 Å². The monoisotopic (exact) mass is 536 g/mol. The van der Waals surface area contributed by atoms with Crippen molar-refractivity contribution in [3.8, 4) is 5.75 Å². The first-order chi connectivity index (χ1) is 18.7. The van der Waals surface area contributed by atoms with E-state index in [2.05, 4.69) is 15.4 Å². The number of imide groups is 1. The van der Waals surface area contributed by atoms with Crippen LogP contribution in [0.2, 0.25) is 0 Å². The van der Waals surface area contributed by atoms with E-state index in [4.69, 9.17) is 9.15 Å². The zero-order valence-electron chi connectivity index (χ0n) is 21.3. The molecule has 3 aromatic rings. The van der Waals surface area contributed by atoms with Gasteiger partial charge in [-0.2, -0.15) is 0 Å². The van der Waals surface area contributed by atoms with E-state index >= 15 is 0 Å². The summed E-state index contributed by atoms with van der Waals surface area (Å²) in [5, 5.41) is 4.95. The summed E-state index contributed by atoms with van der Waals surface area (Å²) in [5.41, 5.74) is 1.16. The molecule has 2 heterocycles. The summed E-state index contributed by atoms with van der Waals surface area (Å²) >= 11 is 0. The van der Waals surface area contributed by atoms with Crippen molar-refractivity contribution in [1.82, 2.24) is 10.2 Å². The van der Waals surface area contributed by atoms with Gasteiger partial charge < -0.3 is 29.4 Å². The molecule has 1 aliphatic heterocycles. The summed E-state index contributed by atoms with van der Waals surface area (Å²) in [7, 11) is 4.85. The van der Waals surface area contributed by atoms with Crippen molar-refractivity contribution in [3.05, 3.63) is 83.2 Å². The summed E-state index contributed by atoms with van der Waals surface area (Å²) in [4.78, 5) is 52.3. The van der Waals surface area contributed by atoms with Gasteiger partial charge in [-0.15, -0.1) is 0 Å². The molecule has 4 amide bonds. The molecule has 4 rings (SSSR count). The number of rotatable bonds is 9. The number of furan rings is 1. The van der Waals surface area contributed by atoms with Gasteiger partial charge in [0.1, 0.15) is 23.0 Å². The Kier molecular flexibility index (Phi) is 7.94. The number of halogens is 1. The van der Waals surface area contributed by atoms with E-state index in [0.717, 1.165) is 10.6 Å². The number of carbonyl (C=O) groups is 4. The van der Waals surface area contributed by atoms with Crippen LogP contribution in [0, 0.1) is 5.82 Å². The molecule has 1 fully saturated rings. The number of carbonyl (C=O) groups excluding carboxylic acids is 4. The Bertz CT molecular complexity index is 1460. The lowest BCUT2D eigenvalue weighted by Crippen LogP contribution is -2.30. The number of nitrogens with zero attached hydrogens (tertiary/aromatic N) is 2. The average molecular weight is 537 g/mol. The Labute approximate surface area is 222 Å². The Balaban J connectivity index is 1.52. The maximum absolute atomic E-state index is 13.9. The van der Waals surface area contributed by atoms with Gasteiger partial charge in [0.05, 0.1) is 19.3 Å². The molecule has 0 aliphatic carbocycles. The Morgan fingerprint density at radius 3 is 2.62 bits per heavy atom. The molecule has 0 saturated carbocycles. The van der Waals surface area contributed by atoms with Gasteiger partial charge in [-0.05, 0) is 42.5 Å². The highest BCUT2D eigenvalue weighted by Crippen LogP contribution is 2.28. The maximum Gasteiger partial charge on any atom is 0.373 e. The Hall–Kier alpha value is -5.13. The fourth-order valence-electron chi connectivity index (χ4n) is 3.64. The first kappa shape index (κ1) is 26.9. The molecule has 1 aliphatic rings. The highest BCUT2D eigenvalue weighted by Gasteiger charge is 2.34. The van der Waals surface area contributed by atoms with Gasteiger partial charge in [-0.3, -0.25) is 14.5 Å². The molecule has 12 heteroatoms. The molecule has 2 aromatic carbocycles. The SMILES string of the molecule is COC(=O)c1ccc(CN2C(=O)N/C(=C\c3ccc(N(C)C)cc3OCC(=O)Nc3ccccc3F)C2=O)o1. The molecule has 202 valence electrons. The lowest BCUT2D eigenvalue weighted by Gasteiger charge is -2.16. The highest BCUT2D eigenvalue weighted by molar-refractivity contribution is 6.14. The van der Waals surface area contributed by atoms with Crippen molar-refractivity contribution in [2.75, 3.05) is 38.0 Å². The molecule has 0 spiro atoms. The van der Waals surface area contributed by atoms with Crippen LogP contribution in [0.3, 0.4) is 0 Å². The first-order valence-corrected chi connectivity index (χ1v) is 11.7. The summed E-state index contributed by atoms with van der Waals surface area (Å²) in [6, 6.07) is 13.0. The van der Waals surface area contributed by atoms with Crippen LogP contribution in [0.25, 0.3) is 6.08 Å². The minimum absolute atomic E-state index is 0.0186. The highest BCUT2D eigenvalue weighted by atomic mass is 19.1. The van der Waals surface area contributed by atoms with Crippen LogP contribution in [0.4, 0.5) is 20.6 Å². The number of amides is 4. The zero-order chi connectivity index (χ0) is 28.1. The van der Waals surface area contributed by atoms with Crippen LogP contribution >= 0.6 is 0 Å². The summed E-state index contributed by atoms with van der Waals surface area (Å²) in [5.74, 6) is -2.08. The number of hydrogen-bond donors (Lipinski definition) is 2. The molecule has 0 unspecified atom stereocenters. The van der Waals surface area contributed by atoms with Gasteiger partial charge >= 0.3 is 12.0 Å². The summed E-state index contributed by atoms with van der Waals surface area (Å²) in [6.07, 6.45) is 1.42. The molecule has 11 nitrogen and oxygen atoms in total. The van der Waals surface area contributed by atoms with E-state index in [0.29, 0.717) is 5.56 Å². The zero-order valence-corrected chi connectivity index (χ0v) is 21.3. The lowest BCUT2D eigenvalue weighted by molar-refractivity contribution is -0.123. The minimum Gasteiger partial charge on any atom is -0.483 e. The van der Waals surface area contributed by atoms with Gasteiger partial charge in [-0.1, -0.05) is 12.1 Å². The third kappa shape index (κ3) is 6.24. The van der Waals surface area contributed by atoms with Crippen molar-refractivity contribution in [3.63, 3.8) is 0 Å². The van der Waals surface area contributed by atoms with Crippen molar-refractivity contribution in [2.24, 2.45) is 0 Å². The van der Waals surface area contributed by atoms with Crippen LogP contribution in [0.1, 0.15) is 21.9 Å². The van der Waals surface area contributed by atoms with Gasteiger partial charge in [0.2, 0.25) is 5.76 Å². The minimum atomic E-state index is -0.685. The molecular formula is C27H25FN4O7. The van der Waals surface area contributed by atoms with Crippen molar-refractivity contribution in [2.45, 2.75) is 6.54 Å². The molecule has 0 bridgehead atoms. The second kappa shape index (κ2) is 11.5. The first-order valence-electron chi connectivity index (χ1n) is 11.7. The fourth-order valence-corrected chi connectivity index (χ4v) is 3.64. The molecule has 39 heavy (non-hydrogen) atoms. The van der Waals surface area contributed by atoms with Gasteiger partial charge in [0.25, 0.3) is 11.8 Å². The van der Waals surface area contributed by atoms with Crippen LogP contribution < -0.4 is 20.3 Å². The van der Waals surface area contributed by atoms with E-state index in [1.54, 1.807) is 24.3 Å². The lowest BCUT2D eigenvalue weighted by atomic mass is 10.1. The second-order valence-corrected chi connectivity index (χ2v) is 8.57. The van der Waals surface area contributed by atoms with Crippen LogP contribution in [0.15, 0.2) is 64.7 Å². The number of esters is 1. The van der Waals surface area contributed by atoms with Crippen molar-refractivity contribution < 1.29 is 37.5 Å². The number of ether oxygens (including phenoxy) is 2. The molecular weight excluding hydrogens is 511 g/mol. The van der Waals surface area contributed by atoms with Gasteiger partial charge in [0, 0.05) is 31.4 Å². The number of anilines is 2. The van der Waals surface area contributed by atoms with Crippen LogP contribution in [-0.4, -0.2) is 56.5 Å². The fraction of sp³-hybridized carbons (Fsp3) is 0.185. The Morgan fingerprint density at radius 1 is 1.13 bits per heavy atom. The van der Waals surface area contributed by atoms with E-state index in [1.165, 1.54) is 43.5 Å². The molecule has 0 atom stereocenters. The predicted octanol–water partition coefficient (Wildman–Crippen LogP) is 3.38. The van der Waals surface area contributed by atoms with Crippen molar-refractivity contribution in [1.29, 1.82) is 0 Å².